The minimum atomic E-state index is -5.24. The van der Waals surface area contributed by atoms with Crippen LogP contribution in [0.3, 0.4) is 0 Å². The first-order valence-electron chi connectivity index (χ1n) is 24.9. The molecule has 2 heterocycles. The number of nitrogens with zero attached hydrogens (tertiary/aromatic N) is 3. The second kappa shape index (κ2) is 18.1. The Labute approximate surface area is 434 Å². The van der Waals surface area contributed by atoms with E-state index in [-0.39, 0.29) is 16.9 Å². The lowest BCUT2D eigenvalue weighted by molar-refractivity contribution is -0.142. The number of halogens is 6. The summed E-state index contributed by atoms with van der Waals surface area (Å²) in [6, 6.07) is 62.9. The molecule has 0 unspecified atom stereocenters. The summed E-state index contributed by atoms with van der Waals surface area (Å²) in [4.78, 5) is 0. The minimum Gasteiger partial charge on any atom is -0.308 e. The van der Waals surface area contributed by atoms with Crippen molar-refractivity contribution in [3.8, 4) is 73.1 Å². The Bertz CT molecular complexity index is 4150. The molecule has 12 aromatic rings. The molecule has 0 atom stereocenters. The van der Waals surface area contributed by atoms with Gasteiger partial charge in [0.15, 0.2) is 0 Å². The third-order valence-corrected chi connectivity index (χ3v) is 15.0. The van der Waals surface area contributed by atoms with Crippen LogP contribution in [0.2, 0.25) is 0 Å². The highest BCUT2D eigenvalue weighted by Crippen LogP contribution is 2.50. The van der Waals surface area contributed by atoms with E-state index < -0.39 is 34.6 Å². The fourth-order valence-corrected chi connectivity index (χ4v) is 11.4. The predicted molar refractivity (Wildman–Crippen MR) is 296 cm³/mol. The molecule has 0 N–H and O–H groups in total. The van der Waals surface area contributed by atoms with Crippen LogP contribution in [-0.2, 0) is 12.4 Å². The molecule has 9 heteroatoms. The van der Waals surface area contributed by atoms with Crippen LogP contribution in [0.5, 0.6) is 0 Å². The van der Waals surface area contributed by atoms with Crippen LogP contribution in [0.4, 0.5) is 26.3 Å². The second-order valence-corrected chi connectivity index (χ2v) is 19.5. The largest absolute Gasteiger partial charge is 0.417 e. The van der Waals surface area contributed by atoms with E-state index in [0.717, 1.165) is 83.6 Å². The van der Waals surface area contributed by atoms with E-state index in [1.54, 1.807) is 4.57 Å². The summed E-state index contributed by atoms with van der Waals surface area (Å²) in [5, 5.41) is 15.1. The molecule has 0 saturated heterocycles. The molecule has 0 saturated carbocycles. The second-order valence-electron chi connectivity index (χ2n) is 19.5. The highest BCUT2D eigenvalue weighted by Gasteiger charge is 2.42. The summed E-state index contributed by atoms with van der Waals surface area (Å²) in [7, 11) is 0. The van der Waals surface area contributed by atoms with E-state index in [4.69, 9.17) is 0 Å². The zero-order valence-electron chi connectivity index (χ0n) is 41.7. The summed E-state index contributed by atoms with van der Waals surface area (Å²) in [5.41, 5.74) is 8.88. The topological polar surface area (TPSA) is 33.6 Å². The summed E-state index contributed by atoms with van der Waals surface area (Å²) in [6.07, 6.45) is -10.5. The minimum absolute atomic E-state index is 0.133. The maximum atomic E-state index is 15.6. The molecule has 0 bridgehead atoms. The Morgan fingerprint density at radius 3 is 1.00 bits per heavy atom. The maximum absolute atomic E-state index is 15.6. The summed E-state index contributed by atoms with van der Waals surface area (Å²) < 4.78 is 97.5. The van der Waals surface area contributed by atoms with Crippen molar-refractivity contribution in [1.29, 1.82) is 5.26 Å². The number of hydrogen-bond acceptors (Lipinski definition) is 1. The van der Waals surface area contributed by atoms with E-state index in [1.807, 2.05) is 202 Å². The predicted octanol–water partition coefficient (Wildman–Crippen LogP) is 19.4. The van der Waals surface area contributed by atoms with E-state index in [0.29, 0.717) is 45.0 Å². The normalized spacial score (nSPS) is 12.1. The fraction of sp³-hybridized carbons (Fsp3) is 0.0896. The smallest absolute Gasteiger partial charge is 0.308 e. The molecule has 0 aliphatic carbocycles. The van der Waals surface area contributed by atoms with Gasteiger partial charge in [-0.2, -0.15) is 31.6 Å². The Hall–Kier alpha value is -9.13. The van der Waals surface area contributed by atoms with Crippen molar-refractivity contribution in [2.75, 3.05) is 0 Å². The number of hydrogen-bond donors (Lipinski definition) is 0. The first kappa shape index (κ1) is 47.8. The zero-order valence-corrected chi connectivity index (χ0v) is 41.7. The third-order valence-electron chi connectivity index (χ3n) is 15.0. The Morgan fingerprint density at radius 1 is 0.355 bits per heavy atom. The van der Waals surface area contributed by atoms with Crippen molar-refractivity contribution < 1.29 is 26.3 Å². The van der Waals surface area contributed by atoms with Crippen LogP contribution >= 0.6 is 0 Å². The van der Waals surface area contributed by atoms with Crippen LogP contribution in [0.25, 0.3) is 111 Å². The van der Waals surface area contributed by atoms with Gasteiger partial charge < -0.3 is 9.13 Å². The van der Waals surface area contributed by atoms with Crippen LogP contribution in [0.15, 0.2) is 200 Å². The highest BCUT2D eigenvalue weighted by atomic mass is 19.4. The van der Waals surface area contributed by atoms with Crippen molar-refractivity contribution >= 4 is 43.6 Å². The molecular formula is C67H45F6N3. The van der Waals surface area contributed by atoms with Crippen molar-refractivity contribution in [3.05, 3.63) is 239 Å². The van der Waals surface area contributed by atoms with Gasteiger partial charge in [0.1, 0.15) is 11.6 Å². The quantitative estimate of drug-likeness (QED) is 0.147. The number of benzene rings is 10. The molecule has 0 aliphatic rings. The van der Waals surface area contributed by atoms with Crippen LogP contribution < -0.4 is 0 Å². The lowest BCUT2D eigenvalue weighted by Gasteiger charge is -2.24. The Kier molecular flexibility index (Phi) is 11.4. The van der Waals surface area contributed by atoms with Crippen molar-refractivity contribution in [2.45, 2.75) is 40.0 Å². The van der Waals surface area contributed by atoms with E-state index in [9.17, 15) is 5.26 Å². The van der Waals surface area contributed by atoms with Gasteiger partial charge in [0.25, 0.3) is 0 Å². The molecule has 0 fully saturated rings. The van der Waals surface area contributed by atoms with Gasteiger partial charge in [-0.3, -0.25) is 0 Å². The summed E-state index contributed by atoms with van der Waals surface area (Å²) >= 11 is 0. The Morgan fingerprint density at radius 2 is 0.684 bits per heavy atom. The summed E-state index contributed by atoms with van der Waals surface area (Å²) in [6.45, 7) is 8.01. The van der Waals surface area contributed by atoms with Crippen molar-refractivity contribution in [3.63, 3.8) is 0 Å². The van der Waals surface area contributed by atoms with Crippen LogP contribution in [0.1, 0.15) is 38.9 Å². The number of aromatic nitrogens is 2. The van der Waals surface area contributed by atoms with E-state index in [2.05, 4.69) is 6.07 Å². The van der Waals surface area contributed by atoms with Gasteiger partial charge in [-0.15, -0.1) is 0 Å². The summed E-state index contributed by atoms with van der Waals surface area (Å²) in [5.74, 6) is 0. The van der Waals surface area contributed by atoms with Gasteiger partial charge in [-0.05, 0) is 137 Å². The zero-order chi connectivity index (χ0) is 52.8. The third kappa shape index (κ3) is 7.83. The number of rotatable bonds is 7. The van der Waals surface area contributed by atoms with Crippen LogP contribution in [-0.4, -0.2) is 9.13 Å². The molecule has 370 valence electrons. The molecule has 76 heavy (non-hydrogen) atoms. The van der Waals surface area contributed by atoms with Gasteiger partial charge in [-0.25, -0.2) is 0 Å². The van der Waals surface area contributed by atoms with Gasteiger partial charge in [0.05, 0.1) is 44.6 Å². The molecular weight excluding hydrogens is 961 g/mol. The number of fused-ring (bicyclic) bond motifs is 6. The lowest BCUT2D eigenvalue weighted by atomic mass is 9.90. The first-order valence-corrected chi connectivity index (χ1v) is 24.9. The molecule has 3 nitrogen and oxygen atoms in total. The number of aryl methyl sites for hydroxylation is 4. The molecule has 2 aromatic heterocycles. The van der Waals surface area contributed by atoms with Crippen molar-refractivity contribution in [2.24, 2.45) is 0 Å². The molecule has 0 spiro atoms. The molecule has 0 radical (unpaired) electrons. The Balaban J connectivity index is 1.30. The lowest BCUT2D eigenvalue weighted by Crippen LogP contribution is -2.16. The fourth-order valence-electron chi connectivity index (χ4n) is 11.4. The van der Waals surface area contributed by atoms with Crippen molar-refractivity contribution in [1.82, 2.24) is 9.13 Å². The molecule has 12 rings (SSSR count). The molecule has 10 aromatic carbocycles. The molecule has 0 aliphatic heterocycles. The standard InChI is InChI=1S/C67H45F6N3/c1-39-14-5-9-18-47(39)43-24-28-51-52-29-25-44(48-19-10-6-15-40(48)2)35-61(52)75(60(51)34-43)59-33-32-55(64-57(66(68,69)70)22-13-23-58(64)67(71,72)73)65(56(59)38-74)76-62-36-45(49-20-11-7-16-41(49)3)26-30-53(62)54-31-27-46(37-63(54)76)50-21-12-8-17-42(50)4/h5-37H,1-4H3. The number of nitriles is 1. The monoisotopic (exact) mass is 1010 g/mol. The first-order chi connectivity index (χ1) is 36.6. The van der Waals surface area contributed by atoms with Gasteiger partial charge >= 0.3 is 12.4 Å². The highest BCUT2D eigenvalue weighted by molar-refractivity contribution is 6.14. The van der Waals surface area contributed by atoms with E-state index >= 15 is 26.3 Å². The maximum Gasteiger partial charge on any atom is 0.417 e. The van der Waals surface area contributed by atoms with Gasteiger partial charge in [-0.1, -0.05) is 158 Å². The average molecular weight is 1010 g/mol. The molecule has 0 amide bonds. The van der Waals surface area contributed by atoms with Gasteiger partial charge in [0, 0.05) is 32.7 Å². The van der Waals surface area contributed by atoms with E-state index in [1.165, 1.54) is 12.1 Å². The average Bonchev–Trinajstić information content (AvgIpc) is 4.14. The van der Waals surface area contributed by atoms with Crippen LogP contribution in [0, 0.1) is 39.0 Å². The number of alkyl halides is 6. The SMILES string of the molecule is Cc1ccccc1-c1ccc2c3ccc(-c4ccccc4C)cc3n(-c3ccc(-c4c(C(F)(F)F)cccc4C(F)(F)F)c(-n4c5cc(-c6ccccc6C)ccc5c5ccc(-c6ccccc6C)cc54)c3C#N)c2c1. The van der Waals surface area contributed by atoms with Gasteiger partial charge in [0.2, 0.25) is 0 Å².